The van der Waals surface area contributed by atoms with Crippen LogP contribution in [0.25, 0.3) is 0 Å². The van der Waals surface area contributed by atoms with Gasteiger partial charge in [-0.15, -0.1) is 0 Å². The van der Waals surface area contributed by atoms with Crippen LogP contribution >= 0.6 is 25.3 Å². The maximum absolute atomic E-state index is 11.5. The summed E-state index contributed by atoms with van der Waals surface area (Å²) in [5, 5.41) is 0. The molecule has 0 unspecified atom stereocenters. The Kier molecular flexibility index (Phi) is 5.53. The molecule has 14 heavy (non-hydrogen) atoms. The molecule has 0 spiro atoms. The van der Waals surface area contributed by atoms with Gasteiger partial charge in [-0.05, 0) is 6.42 Å². The van der Waals surface area contributed by atoms with Gasteiger partial charge >= 0.3 is 14.8 Å². The molecule has 0 aliphatic carbocycles. The number of hydrogen-bond acceptors (Lipinski definition) is 6. The standard InChI is InChI=1S/C7H16O4S2Si/c1-5-7(12,13)6(8)11-14(4,9-2)10-3/h12-13H,5H2,1-4H3. The third kappa shape index (κ3) is 3.82. The fourth-order valence-corrected chi connectivity index (χ4v) is 1.67. The van der Waals surface area contributed by atoms with E-state index in [1.54, 1.807) is 13.5 Å². The predicted molar refractivity (Wildman–Crippen MR) is 62.7 cm³/mol. The highest BCUT2D eigenvalue weighted by molar-refractivity contribution is 8.01. The third-order valence-corrected chi connectivity index (χ3v) is 4.88. The molecule has 4 nitrogen and oxygen atoms in total. The maximum atomic E-state index is 11.5. The molecule has 0 aromatic rings. The maximum Gasteiger partial charge on any atom is 0.564 e. The Hall–Kier alpha value is 0.307. The van der Waals surface area contributed by atoms with E-state index in [2.05, 4.69) is 25.3 Å². The summed E-state index contributed by atoms with van der Waals surface area (Å²) in [6, 6.07) is 0. The van der Waals surface area contributed by atoms with Gasteiger partial charge in [0, 0.05) is 20.8 Å². The lowest BCUT2D eigenvalue weighted by molar-refractivity contribution is -0.138. The van der Waals surface area contributed by atoms with Crippen molar-refractivity contribution in [2.24, 2.45) is 0 Å². The van der Waals surface area contributed by atoms with Gasteiger partial charge in [0.25, 0.3) is 0 Å². The van der Waals surface area contributed by atoms with E-state index in [9.17, 15) is 4.79 Å². The van der Waals surface area contributed by atoms with Crippen LogP contribution in [-0.4, -0.2) is 33.1 Å². The van der Waals surface area contributed by atoms with Gasteiger partial charge in [-0.25, -0.2) is 0 Å². The summed E-state index contributed by atoms with van der Waals surface area (Å²) in [4.78, 5) is 11.5. The SMILES string of the molecule is CCC(S)(S)C(=O)O[Si](C)(OC)OC. The molecule has 0 amide bonds. The van der Waals surface area contributed by atoms with E-state index in [1.807, 2.05) is 0 Å². The van der Waals surface area contributed by atoms with Gasteiger partial charge in [0.05, 0.1) is 0 Å². The molecule has 0 rings (SSSR count). The van der Waals surface area contributed by atoms with E-state index in [1.165, 1.54) is 14.2 Å². The zero-order valence-corrected chi connectivity index (χ0v) is 11.5. The van der Waals surface area contributed by atoms with Crippen molar-refractivity contribution < 1.29 is 18.1 Å². The highest BCUT2D eigenvalue weighted by Crippen LogP contribution is 2.27. The molecule has 0 heterocycles. The second-order valence-electron chi connectivity index (χ2n) is 2.83. The van der Waals surface area contributed by atoms with Crippen molar-refractivity contribution in [1.82, 2.24) is 0 Å². The first-order chi connectivity index (χ1) is 6.31. The first kappa shape index (κ1) is 14.3. The Morgan fingerprint density at radius 2 is 1.79 bits per heavy atom. The number of carbonyl (C=O) groups excluding carboxylic acids is 1. The Balaban J connectivity index is 4.45. The summed E-state index contributed by atoms with van der Waals surface area (Å²) in [5.41, 5.74) is 0. The lowest BCUT2D eigenvalue weighted by atomic mass is 10.3. The van der Waals surface area contributed by atoms with Crippen molar-refractivity contribution in [3.63, 3.8) is 0 Å². The molecule has 0 saturated carbocycles. The summed E-state index contributed by atoms with van der Waals surface area (Å²) in [6.45, 7) is 3.41. The lowest BCUT2D eigenvalue weighted by Crippen LogP contribution is -2.46. The number of carbonyl (C=O) groups is 1. The molecule has 0 aliphatic rings. The molecule has 0 atom stereocenters. The molecule has 84 valence electrons. The van der Waals surface area contributed by atoms with Crippen LogP contribution in [0.3, 0.4) is 0 Å². The zero-order chi connectivity index (χ0) is 11.4. The van der Waals surface area contributed by atoms with Crippen LogP contribution in [0.4, 0.5) is 0 Å². The van der Waals surface area contributed by atoms with Crippen LogP contribution < -0.4 is 0 Å². The largest absolute Gasteiger partial charge is 0.564 e. The minimum atomic E-state index is -2.83. The normalized spacial score (nSPS) is 12.7. The van der Waals surface area contributed by atoms with Crippen molar-refractivity contribution in [3.05, 3.63) is 0 Å². The summed E-state index contributed by atoms with van der Waals surface area (Å²) in [6.07, 6.45) is 0.454. The van der Waals surface area contributed by atoms with Gasteiger partial charge in [-0.1, -0.05) is 6.92 Å². The van der Waals surface area contributed by atoms with Crippen LogP contribution in [0.5, 0.6) is 0 Å². The van der Waals surface area contributed by atoms with Gasteiger partial charge in [0.15, 0.2) is 4.08 Å². The van der Waals surface area contributed by atoms with Crippen molar-refractivity contribution in [3.8, 4) is 0 Å². The van der Waals surface area contributed by atoms with Gasteiger partial charge in [-0.2, -0.15) is 25.3 Å². The van der Waals surface area contributed by atoms with Crippen LogP contribution in [0.1, 0.15) is 13.3 Å². The molecule has 7 heteroatoms. The second-order valence-corrected chi connectivity index (χ2v) is 7.46. The molecule has 0 fully saturated rings. The average Bonchev–Trinajstić information content (AvgIpc) is 2.17. The molecule has 0 saturated heterocycles. The van der Waals surface area contributed by atoms with Crippen molar-refractivity contribution >= 4 is 40.0 Å². The quantitative estimate of drug-likeness (QED) is 0.443. The number of rotatable bonds is 5. The van der Waals surface area contributed by atoms with Crippen LogP contribution in [0, 0.1) is 0 Å². The minimum absolute atomic E-state index is 0.454. The molecule has 0 aromatic heterocycles. The average molecular weight is 256 g/mol. The molecular formula is C7H16O4S2Si. The van der Waals surface area contributed by atoms with Gasteiger partial charge in [-0.3, -0.25) is 4.79 Å². The van der Waals surface area contributed by atoms with Gasteiger partial charge < -0.3 is 13.3 Å². The first-order valence-corrected chi connectivity index (χ1v) is 7.21. The molecule has 0 aliphatic heterocycles. The topological polar surface area (TPSA) is 44.8 Å². The molecule has 0 aromatic carbocycles. The molecule has 0 bridgehead atoms. The van der Waals surface area contributed by atoms with Crippen LogP contribution in [0.2, 0.25) is 6.55 Å². The van der Waals surface area contributed by atoms with Crippen molar-refractivity contribution in [2.75, 3.05) is 14.2 Å². The highest BCUT2D eigenvalue weighted by atomic mass is 32.2. The fraction of sp³-hybridized carbons (Fsp3) is 0.857. The summed E-state index contributed by atoms with van der Waals surface area (Å²) in [7, 11) is 0.0425. The Labute approximate surface area is 96.5 Å². The summed E-state index contributed by atoms with van der Waals surface area (Å²) >= 11 is 8.14. The lowest BCUT2D eigenvalue weighted by Gasteiger charge is -2.26. The van der Waals surface area contributed by atoms with E-state index in [0.29, 0.717) is 6.42 Å². The molecule has 0 radical (unpaired) electrons. The van der Waals surface area contributed by atoms with E-state index in [-0.39, 0.29) is 0 Å². The third-order valence-electron chi connectivity index (χ3n) is 1.84. The fourth-order valence-electron chi connectivity index (χ4n) is 0.561. The van der Waals surface area contributed by atoms with E-state index in [4.69, 9.17) is 13.3 Å². The number of thiol groups is 2. The first-order valence-electron chi connectivity index (χ1n) is 4.09. The molecule has 0 N–H and O–H groups in total. The Bertz CT molecular complexity index is 206. The number of hydrogen-bond donors (Lipinski definition) is 2. The van der Waals surface area contributed by atoms with Gasteiger partial charge in [0.2, 0.25) is 0 Å². The van der Waals surface area contributed by atoms with Gasteiger partial charge in [0.1, 0.15) is 0 Å². The predicted octanol–water partition coefficient (Wildman–Crippen LogP) is 1.36. The Morgan fingerprint density at radius 3 is 2.07 bits per heavy atom. The minimum Gasteiger partial charge on any atom is -0.472 e. The Morgan fingerprint density at radius 1 is 1.36 bits per heavy atom. The van der Waals surface area contributed by atoms with E-state index in [0.717, 1.165) is 0 Å². The zero-order valence-electron chi connectivity index (χ0n) is 8.73. The van der Waals surface area contributed by atoms with Crippen molar-refractivity contribution in [2.45, 2.75) is 24.0 Å². The smallest absolute Gasteiger partial charge is 0.472 e. The van der Waals surface area contributed by atoms with Crippen LogP contribution in [-0.2, 0) is 18.1 Å². The highest BCUT2D eigenvalue weighted by Gasteiger charge is 2.41. The van der Waals surface area contributed by atoms with E-state index < -0.39 is 18.9 Å². The summed E-state index contributed by atoms with van der Waals surface area (Å²) < 4.78 is 14.0. The van der Waals surface area contributed by atoms with Crippen molar-refractivity contribution in [1.29, 1.82) is 0 Å². The summed E-state index contributed by atoms with van der Waals surface area (Å²) in [5.74, 6) is -0.537. The van der Waals surface area contributed by atoms with Crippen LogP contribution in [0.15, 0.2) is 0 Å². The monoisotopic (exact) mass is 256 g/mol. The van der Waals surface area contributed by atoms with E-state index >= 15 is 0 Å². The second kappa shape index (κ2) is 5.41. The molecular weight excluding hydrogens is 240 g/mol.